The SMILES string of the molecule is CC/C=C\C/C=C\C/C=C\C/C=C\C/C=C\C/C=C\C/C=C\C/C=C\C/C=C\C/C=C\C/C=C\C/C=C\CCCCCCC(=O)NC(COC1OC(CO)C(OC2OC(CO)C(OC3OC(CO)C(O)C(O)C3O)C(O)C2O)C(O)C1O)C(O)/C=C/CC/C=C/CC/C=C/CCCCCCCC. The minimum absolute atomic E-state index is 0.189. The molecule has 102 heavy (non-hydrogen) atoms. The van der Waals surface area contributed by atoms with Crippen molar-refractivity contribution < 1.29 is 89.4 Å². The molecule has 0 aromatic rings. The lowest BCUT2D eigenvalue weighted by Crippen LogP contribution is -2.66. The van der Waals surface area contributed by atoms with Gasteiger partial charge in [0.25, 0.3) is 0 Å². The van der Waals surface area contributed by atoms with E-state index in [-0.39, 0.29) is 12.3 Å². The van der Waals surface area contributed by atoms with Crippen LogP contribution in [-0.2, 0) is 33.2 Å². The number of ether oxygens (including phenoxy) is 6. The summed E-state index contributed by atoms with van der Waals surface area (Å²) in [6, 6.07) is -1.02. The summed E-state index contributed by atoms with van der Waals surface area (Å²) in [6.45, 7) is 1.53. The zero-order valence-corrected chi connectivity index (χ0v) is 61.2. The fourth-order valence-electron chi connectivity index (χ4n) is 11.3. The molecule has 17 atom stereocenters. The fourth-order valence-corrected chi connectivity index (χ4v) is 11.3. The molecular formula is C83H131NO18. The predicted molar refractivity (Wildman–Crippen MR) is 405 cm³/mol. The maximum atomic E-state index is 13.4. The number of rotatable bonds is 56. The second-order valence-electron chi connectivity index (χ2n) is 26.0. The quantitative estimate of drug-likeness (QED) is 0.0199. The first-order valence-corrected chi connectivity index (χ1v) is 38.0. The standard InChI is InChI=1S/C83H131NO18/c1-3-5-7-9-11-13-15-17-19-21-22-23-24-25-26-27-28-29-30-31-32-33-34-35-36-37-38-39-40-41-42-43-44-45-47-49-51-53-55-57-59-61-71(89)84-66(67(88)60-58-56-54-52-50-48-46-20-18-16-14-12-10-8-6-4-2)65-97-81-77(95)74(92)79(69(63-86)99-81)102-83-78(96)75(93)80(70(64-87)100-83)101-82-76(94)73(91)72(90)68(62-85)98-82/h5,7,11,13,17-20,22-23,25-26,28-29,31-32,34-35,37-38,40-41,43-44,47,49-50,52,58,60,66-70,72-83,85-88,90-96H,3-4,6,8-10,12,14-16,21,24,27,30,33,36,39,42,45-46,48,51,53-57,59,61-65H2,1-2H3,(H,84,89)/b7-5-,13-11-,19-17-,20-18+,23-22-,26-25-,29-28-,32-31-,35-34-,38-37-,41-40-,44-43-,49-47-,52-50+,60-58+. The number of carbonyl (C=O) groups excluding carboxylic acids is 1. The van der Waals surface area contributed by atoms with Gasteiger partial charge < -0.3 is 89.9 Å². The Morgan fingerprint density at radius 3 is 1.10 bits per heavy atom. The highest BCUT2D eigenvalue weighted by Crippen LogP contribution is 2.33. The Morgan fingerprint density at radius 2 is 0.686 bits per heavy atom. The van der Waals surface area contributed by atoms with E-state index in [1.807, 2.05) is 6.08 Å². The number of carbonyl (C=O) groups is 1. The van der Waals surface area contributed by atoms with Crippen LogP contribution in [0.2, 0.25) is 0 Å². The van der Waals surface area contributed by atoms with E-state index in [2.05, 4.69) is 189 Å². The molecule has 12 N–H and O–H groups in total. The number of aliphatic hydroxyl groups excluding tert-OH is 11. The predicted octanol–water partition coefficient (Wildman–Crippen LogP) is 12.0. The van der Waals surface area contributed by atoms with Crippen molar-refractivity contribution in [3.8, 4) is 0 Å². The first-order valence-electron chi connectivity index (χ1n) is 38.0. The molecule has 0 aromatic carbocycles. The van der Waals surface area contributed by atoms with Gasteiger partial charge in [-0.2, -0.15) is 0 Å². The maximum Gasteiger partial charge on any atom is 0.220 e. The van der Waals surface area contributed by atoms with Crippen LogP contribution in [0.5, 0.6) is 0 Å². The molecule has 0 radical (unpaired) electrons. The lowest BCUT2D eigenvalue weighted by atomic mass is 9.96. The molecule has 0 spiro atoms. The number of allylic oxidation sites excluding steroid dienone is 29. The lowest BCUT2D eigenvalue weighted by Gasteiger charge is -2.48. The smallest absolute Gasteiger partial charge is 0.220 e. The highest BCUT2D eigenvalue weighted by Gasteiger charge is 2.53. The van der Waals surface area contributed by atoms with E-state index in [1.165, 1.54) is 38.5 Å². The summed E-state index contributed by atoms with van der Waals surface area (Å²) < 4.78 is 34.3. The van der Waals surface area contributed by atoms with Crippen molar-refractivity contribution in [3.05, 3.63) is 182 Å². The zero-order chi connectivity index (χ0) is 73.9. The van der Waals surface area contributed by atoms with Crippen LogP contribution in [-0.4, -0.2) is 193 Å². The summed E-state index contributed by atoms with van der Waals surface area (Å²) in [4.78, 5) is 13.4. The van der Waals surface area contributed by atoms with E-state index in [9.17, 15) is 61.0 Å². The molecule has 0 bridgehead atoms. The second kappa shape index (κ2) is 61.1. The van der Waals surface area contributed by atoms with E-state index in [4.69, 9.17) is 28.4 Å². The molecular weight excluding hydrogens is 1300 g/mol. The second-order valence-corrected chi connectivity index (χ2v) is 26.0. The van der Waals surface area contributed by atoms with Crippen molar-refractivity contribution in [2.45, 2.75) is 304 Å². The summed E-state index contributed by atoms with van der Waals surface area (Å²) in [5.74, 6) is -0.323. The Labute approximate surface area is 610 Å². The fraction of sp³-hybridized carbons (Fsp3) is 0.627. The Hall–Kier alpha value is -5.11. The van der Waals surface area contributed by atoms with E-state index in [0.717, 1.165) is 128 Å². The summed E-state index contributed by atoms with van der Waals surface area (Å²) in [7, 11) is 0. The Morgan fingerprint density at radius 1 is 0.363 bits per heavy atom. The zero-order valence-electron chi connectivity index (χ0n) is 61.2. The topological polar surface area (TPSA) is 307 Å². The molecule has 576 valence electrons. The van der Waals surface area contributed by atoms with E-state index in [1.54, 1.807) is 6.08 Å². The third-order valence-electron chi connectivity index (χ3n) is 17.4. The molecule has 19 heteroatoms. The molecule has 3 aliphatic heterocycles. The number of hydrogen-bond acceptors (Lipinski definition) is 18. The van der Waals surface area contributed by atoms with Crippen LogP contribution in [0, 0.1) is 0 Å². The van der Waals surface area contributed by atoms with Crippen molar-refractivity contribution >= 4 is 5.91 Å². The molecule has 3 rings (SSSR count). The van der Waals surface area contributed by atoms with Crippen molar-refractivity contribution in [1.82, 2.24) is 5.32 Å². The molecule has 0 aliphatic carbocycles. The number of hydrogen-bond donors (Lipinski definition) is 12. The van der Waals surface area contributed by atoms with Crippen LogP contribution in [0.25, 0.3) is 0 Å². The Kier molecular flexibility index (Phi) is 54.6. The number of unbranched alkanes of at least 4 members (excludes halogenated alkanes) is 12. The van der Waals surface area contributed by atoms with Gasteiger partial charge in [0, 0.05) is 6.42 Å². The number of aliphatic hydroxyl groups is 11. The molecule has 19 nitrogen and oxygen atoms in total. The van der Waals surface area contributed by atoms with Crippen LogP contribution in [0.4, 0.5) is 0 Å². The van der Waals surface area contributed by atoms with Crippen molar-refractivity contribution in [2.75, 3.05) is 26.4 Å². The van der Waals surface area contributed by atoms with E-state index >= 15 is 0 Å². The largest absolute Gasteiger partial charge is 0.394 e. The average molecular weight is 1430 g/mol. The van der Waals surface area contributed by atoms with Gasteiger partial charge in [-0.3, -0.25) is 4.79 Å². The molecule has 0 aromatic heterocycles. The first-order chi connectivity index (χ1) is 49.8. The van der Waals surface area contributed by atoms with Gasteiger partial charge in [-0.1, -0.05) is 241 Å². The Bertz CT molecular complexity index is 2560. The normalized spacial score (nSPS) is 27.2. The van der Waals surface area contributed by atoms with Gasteiger partial charge in [0.1, 0.15) is 73.2 Å². The van der Waals surface area contributed by atoms with Gasteiger partial charge in [-0.15, -0.1) is 0 Å². The van der Waals surface area contributed by atoms with Gasteiger partial charge >= 0.3 is 0 Å². The third kappa shape index (κ3) is 41.0. The number of amides is 1. The highest BCUT2D eigenvalue weighted by molar-refractivity contribution is 5.76. The first kappa shape index (κ1) is 91.1. The van der Waals surface area contributed by atoms with Crippen LogP contribution < -0.4 is 5.32 Å². The van der Waals surface area contributed by atoms with Gasteiger partial charge in [0.05, 0.1) is 38.6 Å². The van der Waals surface area contributed by atoms with Crippen LogP contribution >= 0.6 is 0 Å². The van der Waals surface area contributed by atoms with Crippen LogP contribution in [0.1, 0.15) is 200 Å². The maximum absolute atomic E-state index is 13.4. The van der Waals surface area contributed by atoms with Gasteiger partial charge in [0.15, 0.2) is 18.9 Å². The lowest BCUT2D eigenvalue weighted by molar-refractivity contribution is -0.379. The molecule has 3 saturated heterocycles. The Balaban J connectivity index is 1.37. The highest BCUT2D eigenvalue weighted by atomic mass is 16.8. The molecule has 3 heterocycles. The van der Waals surface area contributed by atoms with Crippen molar-refractivity contribution in [1.29, 1.82) is 0 Å². The molecule has 17 unspecified atom stereocenters. The van der Waals surface area contributed by atoms with Gasteiger partial charge in [0.2, 0.25) is 5.91 Å². The van der Waals surface area contributed by atoms with E-state index in [0.29, 0.717) is 12.8 Å². The van der Waals surface area contributed by atoms with Crippen LogP contribution in [0.3, 0.4) is 0 Å². The van der Waals surface area contributed by atoms with Crippen molar-refractivity contribution in [2.24, 2.45) is 0 Å². The molecule has 1 amide bonds. The summed E-state index contributed by atoms with van der Waals surface area (Å²) in [5.41, 5.74) is 0. The van der Waals surface area contributed by atoms with Crippen LogP contribution in [0.15, 0.2) is 182 Å². The molecule has 0 saturated carbocycles. The summed E-state index contributed by atoms with van der Waals surface area (Å²) >= 11 is 0. The van der Waals surface area contributed by atoms with E-state index < -0.39 is 131 Å². The molecule has 3 aliphatic rings. The average Bonchev–Trinajstić information content (AvgIpc) is 0.755. The monoisotopic (exact) mass is 1430 g/mol. The summed E-state index contributed by atoms with van der Waals surface area (Å²) in [6.07, 6.45) is 65.9. The third-order valence-corrected chi connectivity index (χ3v) is 17.4. The van der Waals surface area contributed by atoms with Gasteiger partial charge in [-0.25, -0.2) is 0 Å². The number of nitrogens with one attached hydrogen (secondary N) is 1. The minimum atomic E-state index is -1.99. The van der Waals surface area contributed by atoms with Crippen molar-refractivity contribution in [3.63, 3.8) is 0 Å². The van der Waals surface area contributed by atoms with Gasteiger partial charge in [-0.05, 0) is 135 Å². The summed E-state index contributed by atoms with van der Waals surface area (Å²) in [5, 5.41) is 121. The minimum Gasteiger partial charge on any atom is -0.394 e. The molecule has 3 fully saturated rings.